The van der Waals surface area contributed by atoms with Crippen LogP contribution in [0.1, 0.15) is 25.8 Å². The van der Waals surface area contributed by atoms with E-state index in [4.69, 9.17) is 0 Å². The van der Waals surface area contributed by atoms with Crippen LogP contribution < -0.4 is 5.32 Å². The molecular formula is C14H17BrN2O2. The molecule has 1 heterocycles. The van der Waals surface area contributed by atoms with Crippen LogP contribution in [-0.2, 0) is 16.1 Å². The summed E-state index contributed by atoms with van der Waals surface area (Å²) >= 11 is 3.48. The van der Waals surface area contributed by atoms with Crippen LogP contribution in [0.2, 0.25) is 0 Å². The maximum absolute atomic E-state index is 12.4. The van der Waals surface area contributed by atoms with E-state index < -0.39 is 5.54 Å². The van der Waals surface area contributed by atoms with Crippen LogP contribution in [0.3, 0.4) is 0 Å². The van der Waals surface area contributed by atoms with Gasteiger partial charge in [0, 0.05) is 24.0 Å². The van der Waals surface area contributed by atoms with Crippen molar-refractivity contribution in [3.05, 3.63) is 34.3 Å². The zero-order valence-electron chi connectivity index (χ0n) is 11.1. The first-order chi connectivity index (χ1) is 8.90. The Morgan fingerprint density at radius 3 is 2.68 bits per heavy atom. The Labute approximate surface area is 121 Å². The van der Waals surface area contributed by atoms with Gasteiger partial charge in [0.1, 0.15) is 5.54 Å². The maximum Gasteiger partial charge on any atom is 0.248 e. The van der Waals surface area contributed by atoms with Gasteiger partial charge in [-0.05, 0) is 25.5 Å². The summed E-state index contributed by atoms with van der Waals surface area (Å²) < 4.78 is 0.976. The zero-order valence-corrected chi connectivity index (χ0v) is 12.7. The molecule has 0 saturated carbocycles. The molecule has 1 aromatic rings. The van der Waals surface area contributed by atoms with E-state index in [1.165, 1.54) is 0 Å². The van der Waals surface area contributed by atoms with Crippen LogP contribution >= 0.6 is 15.9 Å². The molecule has 0 aliphatic carbocycles. The summed E-state index contributed by atoms with van der Waals surface area (Å²) in [4.78, 5) is 25.8. The van der Waals surface area contributed by atoms with Crippen molar-refractivity contribution in [2.75, 3.05) is 6.54 Å². The first kappa shape index (κ1) is 14.1. The second-order valence-electron chi connectivity index (χ2n) is 5.24. The van der Waals surface area contributed by atoms with Gasteiger partial charge in [-0.1, -0.05) is 34.1 Å². The number of amides is 2. The zero-order chi connectivity index (χ0) is 14.0. The Bertz CT molecular complexity index is 514. The van der Waals surface area contributed by atoms with E-state index >= 15 is 0 Å². The van der Waals surface area contributed by atoms with Gasteiger partial charge in [0.2, 0.25) is 11.8 Å². The standard InChI is InChI=1S/C14H17BrN2O2/c1-14(2)13(19)17(8-7-12(18)16-14)9-10-5-3-4-6-11(10)15/h3-6H,7-9H2,1-2H3,(H,16,18). The molecule has 1 saturated heterocycles. The smallest absolute Gasteiger partial charge is 0.248 e. The van der Waals surface area contributed by atoms with Crippen LogP contribution in [0.5, 0.6) is 0 Å². The summed E-state index contributed by atoms with van der Waals surface area (Å²) in [5.74, 6) is -0.123. The molecule has 0 radical (unpaired) electrons. The lowest BCUT2D eigenvalue weighted by Gasteiger charge is -2.29. The summed E-state index contributed by atoms with van der Waals surface area (Å²) in [5.41, 5.74) is 0.204. The number of nitrogens with zero attached hydrogens (tertiary/aromatic N) is 1. The third-order valence-electron chi connectivity index (χ3n) is 3.20. The molecule has 0 atom stereocenters. The summed E-state index contributed by atoms with van der Waals surface area (Å²) in [6.45, 7) is 4.45. The molecule has 1 aromatic carbocycles. The summed E-state index contributed by atoms with van der Waals surface area (Å²) in [5, 5.41) is 2.76. The van der Waals surface area contributed by atoms with Crippen molar-refractivity contribution < 1.29 is 9.59 Å². The highest BCUT2D eigenvalue weighted by atomic mass is 79.9. The molecule has 4 nitrogen and oxygen atoms in total. The third kappa shape index (κ3) is 3.15. The average molecular weight is 325 g/mol. The molecule has 2 amide bonds. The number of hydrogen-bond acceptors (Lipinski definition) is 2. The Kier molecular flexibility index (Phi) is 3.94. The number of carbonyl (C=O) groups is 2. The molecule has 102 valence electrons. The Hall–Kier alpha value is -1.36. The number of hydrogen-bond donors (Lipinski definition) is 1. The molecule has 0 spiro atoms. The highest BCUT2D eigenvalue weighted by molar-refractivity contribution is 9.10. The molecule has 1 N–H and O–H groups in total. The van der Waals surface area contributed by atoms with Crippen LogP contribution in [0.4, 0.5) is 0 Å². The highest BCUT2D eigenvalue weighted by Gasteiger charge is 2.36. The minimum absolute atomic E-state index is 0.0471. The molecular weight excluding hydrogens is 308 g/mol. The predicted molar refractivity (Wildman–Crippen MR) is 76.4 cm³/mol. The van der Waals surface area contributed by atoms with Crippen molar-refractivity contribution in [3.8, 4) is 0 Å². The first-order valence-corrected chi connectivity index (χ1v) is 7.03. The first-order valence-electron chi connectivity index (χ1n) is 6.24. The second-order valence-corrected chi connectivity index (χ2v) is 6.10. The fraction of sp³-hybridized carbons (Fsp3) is 0.429. The van der Waals surface area contributed by atoms with Gasteiger partial charge in [0.15, 0.2) is 0 Å². The van der Waals surface area contributed by atoms with Gasteiger partial charge in [-0.2, -0.15) is 0 Å². The van der Waals surface area contributed by atoms with Gasteiger partial charge < -0.3 is 10.2 Å². The summed E-state index contributed by atoms with van der Waals surface area (Å²) in [6, 6.07) is 7.81. The lowest BCUT2D eigenvalue weighted by atomic mass is 10.0. The SMILES string of the molecule is CC1(C)NC(=O)CCN(Cc2ccccc2Br)C1=O. The van der Waals surface area contributed by atoms with Crippen molar-refractivity contribution in [1.29, 1.82) is 0 Å². The van der Waals surface area contributed by atoms with Crippen molar-refractivity contribution in [2.45, 2.75) is 32.4 Å². The van der Waals surface area contributed by atoms with Gasteiger partial charge in [-0.15, -0.1) is 0 Å². The molecule has 0 bridgehead atoms. The van der Waals surface area contributed by atoms with E-state index in [2.05, 4.69) is 21.2 Å². The second kappa shape index (κ2) is 5.33. The van der Waals surface area contributed by atoms with Gasteiger partial charge in [0.25, 0.3) is 0 Å². The van der Waals surface area contributed by atoms with E-state index in [0.29, 0.717) is 19.5 Å². The summed E-state index contributed by atoms with van der Waals surface area (Å²) in [6.07, 6.45) is 0.347. The third-order valence-corrected chi connectivity index (χ3v) is 3.98. The van der Waals surface area contributed by atoms with Gasteiger partial charge in [0.05, 0.1) is 0 Å². The maximum atomic E-state index is 12.4. The number of halogens is 1. The molecule has 1 aliphatic rings. The van der Waals surface area contributed by atoms with E-state index in [1.54, 1.807) is 18.7 Å². The van der Waals surface area contributed by atoms with Crippen LogP contribution in [0, 0.1) is 0 Å². The van der Waals surface area contributed by atoms with Crippen LogP contribution in [-0.4, -0.2) is 28.8 Å². The molecule has 0 aromatic heterocycles. The Morgan fingerprint density at radius 1 is 1.32 bits per heavy atom. The fourth-order valence-corrected chi connectivity index (χ4v) is 2.59. The average Bonchev–Trinajstić information content (AvgIpc) is 2.43. The van der Waals surface area contributed by atoms with E-state index in [9.17, 15) is 9.59 Å². The highest BCUT2D eigenvalue weighted by Crippen LogP contribution is 2.21. The van der Waals surface area contributed by atoms with Crippen molar-refractivity contribution in [2.24, 2.45) is 0 Å². The number of carbonyl (C=O) groups excluding carboxylic acids is 2. The number of rotatable bonds is 2. The van der Waals surface area contributed by atoms with E-state index in [1.807, 2.05) is 24.3 Å². The van der Waals surface area contributed by atoms with Gasteiger partial charge in [-0.3, -0.25) is 9.59 Å². The Balaban J connectivity index is 2.22. The minimum Gasteiger partial charge on any atom is -0.342 e. The van der Waals surface area contributed by atoms with Crippen LogP contribution in [0.25, 0.3) is 0 Å². The largest absolute Gasteiger partial charge is 0.342 e. The van der Waals surface area contributed by atoms with Gasteiger partial charge in [-0.25, -0.2) is 0 Å². The Morgan fingerprint density at radius 2 is 2.00 bits per heavy atom. The van der Waals surface area contributed by atoms with Crippen molar-refractivity contribution in [3.63, 3.8) is 0 Å². The number of nitrogens with one attached hydrogen (secondary N) is 1. The van der Waals surface area contributed by atoms with E-state index in [0.717, 1.165) is 10.0 Å². The lowest BCUT2D eigenvalue weighted by Crippen LogP contribution is -2.52. The molecule has 1 aliphatic heterocycles. The molecule has 0 unspecified atom stereocenters. The van der Waals surface area contributed by atoms with Crippen molar-refractivity contribution in [1.82, 2.24) is 10.2 Å². The predicted octanol–water partition coefficient (Wildman–Crippen LogP) is 2.08. The summed E-state index contributed by atoms with van der Waals surface area (Å²) in [7, 11) is 0. The van der Waals surface area contributed by atoms with Crippen LogP contribution in [0.15, 0.2) is 28.7 Å². The normalized spacial score (nSPS) is 19.0. The van der Waals surface area contributed by atoms with E-state index in [-0.39, 0.29) is 11.8 Å². The molecule has 1 fully saturated rings. The topological polar surface area (TPSA) is 49.4 Å². The van der Waals surface area contributed by atoms with Crippen molar-refractivity contribution >= 4 is 27.7 Å². The minimum atomic E-state index is -0.838. The molecule has 19 heavy (non-hydrogen) atoms. The lowest BCUT2D eigenvalue weighted by molar-refractivity contribution is -0.137. The van der Waals surface area contributed by atoms with Gasteiger partial charge >= 0.3 is 0 Å². The quantitative estimate of drug-likeness (QED) is 0.905. The number of benzene rings is 1. The molecule has 2 rings (SSSR count). The monoisotopic (exact) mass is 324 g/mol. The fourth-order valence-electron chi connectivity index (χ4n) is 2.18. The molecule has 5 heteroatoms.